The van der Waals surface area contributed by atoms with E-state index in [1.807, 2.05) is 20.8 Å². The summed E-state index contributed by atoms with van der Waals surface area (Å²) in [5.74, 6) is 0.0614. The second kappa shape index (κ2) is 5.11. The van der Waals surface area contributed by atoms with E-state index in [1.165, 1.54) is 0 Å². The van der Waals surface area contributed by atoms with E-state index in [9.17, 15) is 9.00 Å². The number of hydrogen-bond donors (Lipinski definition) is 0. The molecule has 1 atom stereocenters. The molecule has 0 heterocycles. The van der Waals surface area contributed by atoms with E-state index in [1.54, 1.807) is 24.3 Å². The van der Waals surface area contributed by atoms with E-state index in [0.29, 0.717) is 9.92 Å². The third kappa shape index (κ3) is 3.72. The van der Waals surface area contributed by atoms with Gasteiger partial charge in [-0.3, -0.25) is 9.00 Å². The zero-order chi connectivity index (χ0) is 12.3. The maximum atomic E-state index is 11.9. The molecule has 1 unspecified atom stereocenters. The van der Waals surface area contributed by atoms with Crippen LogP contribution in [-0.2, 0) is 15.6 Å². The molecule has 88 valence electrons. The van der Waals surface area contributed by atoms with Gasteiger partial charge in [0.25, 0.3) is 0 Å². The average Bonchev–Trinajstić information content (AvgIpc) is 2.17. The second-order valence-corrected chi connectivity index (χ2v) is 6.50. The Morgan fingerprint density at radius 3 is 2.19 bits per heavy atom. The Bertz CT molecular complexity index is 404. The fourth-order valence-corrected chi connectivity index (χ4v) is 2.41. The van der Waals surface area contributed by atoms with Crippen LogP contribution in [0.1, 0.15) is 20.8 Å². The molecular formula is C12H15ClO2S. The average molecular weight is 259 g/mol. The highest BCUT2D eigenvalue weighted by Gasteiger charge is 2.23. The van der Waals surface area contributed by atoms with Crippen molar-refractivity contribution in [2.75, 3.05) is 5.75 Å². The molecule has 0 aliphatic carbocycles. The van der Waals surface area contributed by atoms with Gasteiger partial charge in [0.05, 0.1) is 16.6 Å². The van der Waals surface area contributed by atoms with Crippen LogP contribution in [0.2, 0.25) is 5.02 Å². The summed E-state index contributed by atoms with van der Waals surface area (Å²) >= 11 is 5.73. The van der Waals surface area contributed by atoms with E-state index < -0.39 is 16.2 Å². The normalized spacial score (nSPS) is 13.5. The third-order valence-corrected chi connectivity index (χ3v) is 3.75. The van der Waals surface area contributed by atoms with Crippen molar-refractivity contribution in [3.63, 3.8) is 0 Å². The molecule has 4 heteroatoms. The van der Waals surface area contributed by atoms with Crippen molar-refractivity contribution >= 4 is 28.2 Å². The molecule has 1 rings (SSSR count). The highest BCUT2D eigenvalue weighted by atomic mass is 35.5. The van der Waals surface area contributed by atoms with Crippen LogP contribution < -0.4 is 0 Å². The van der Waals surface area contributed by atoms with Crippen LogP contribution in [-0.4, -0.2) is 15.7 Å². The molecule has 1 aromatic rings. The van der Waals surface area contributed by atoms with Crippen LogP contribution in [0.25, 0.3) is 0 Å². The molecule has 0 bridgehead atoms. The smallest absolute Gasteiger partial charge is 0.151 e. The van der Waals surface area contributed by atoms with E-state index in [4.69, 9.17) is 11.6 Å². The van der Waals surface area contributed by atoms with Gasteiger partial charge in [-0.2, -0.15) is 0 Å². The number of benzene rings is 1. The summed E-state index contributed by atoms with van der Waals surface area (Å²) in [6, 6.07) is 6.73. The Labute approximate surface area is 103 Å². The van der Waals surface area contributed by atoms with Gasteiger partial charge < -0.3 is 0 Å². The minimum absolute atomic E-state index is 0.000725. The predicted molar refractivity (Wildman–Crippen MR) is 67.2 cm³/mol. The van der Waals surface area contributed by atoms with Crippen molar-refractivity contribution in [3.05, 3.63) is 29.3 Å². The highest BCUT2D eigenvalue weighted by molar-refractivity contribution is 7.85. The van der Waals surface area contributed by atoms with Gasteiger partial charge >= 0.3 is 0 Å². The fourth-order valence-electron chi connectivity index (χ4n) is 1.01. The molecule has 0 aliphatic heterocycles. The molecule has 0 aromatic heterocycles. The molecule has 0 saturated carbocycles. The van der Waals surface area contributed by atoms with Crippen molar-refractivity contribution in [2.24, 2.45) is 5.41 Å². The summed E-state index contributed by atoms with van der Waals surface area (Å²) in [4.78, 5) is 12.3. The molecule has 0 saturated heterocycles. The first-order valence-corrected chi connectivity index (χ1v) is 6.67. The maximum Gasteiger partial charge on any atom is 0.151 e. The standard InChI is InChI=1S/C12H15ClO2S/c1-12(2,3)11(14)8-16(15)10-6-4-9(13)5-7-10/h4-7H,8H2,1-3H3. The number of rotatable bonds is 3. The van der Waals surface area contributed by atoms with Crippen molar-refractivity contribution in [3.8, 4) is 0 Å². The monoisotopic (exact) mass is 258 g/mol. The Kier molecular flexibility index (Phi) is 4.28. The van der Waals surface area contributed by atoms with Gasteiger partial charge in [0, 0.05) is 15.3 Å². The maximum absolute atomic E-state index is 11.9. The van der Waals surface area contributed by atoms with E-state index >= 15 is 0 Å². The van der Waals surface area contributed by atoms with Crippen LogP contribution in [0.15, 0.2) is 29.2 Å². The Balaban J connectivity index is 2.74. The van der Waals surface area contributed by atoms with Crippen LogP contribution in [0.4, 0.5) is 0 Å². The summed E-state index contributed by atoms with van der Waals surface area (Å²) < 4.78 is 11.9. The zero-order valence-electron chi connectivity index (χ0n) is 9.62. The molecule has 0 amide bonds. The van der Waals surface area contributed by atoms with Crippen LogP contribution >= 0.6 is 11.6 Å². The summed E-state index contributed by atoms with van der Waals surface area (Å²) in [6.07, 6.45) is 0. The van der Waals surface area contributed by atoms with Gasteiger partial charge in [0.1, 0.15) is 0 Å². The molecule has 2 nitrogen and oxygen atoms in total. The quantitative estimate of drug-likeness (QED) is 0.835. The Hall–Kier alpha value is -0.670. The van der Waals surface area contributed by atoms with Gasteiger partial charge in [-0.25, -0.2) is 0 Å². The first-order chi connectivity index (χ1) is 7.30. The third-order valence-electron chi connectivity index (χ3n) is 2.18. The highest BCUT2D eigenvalue weighted by Crippen LogP contribution is 2.18. The molecule has 1 aromatic carbocycles. The number of hydrogen-bond acceptors (Lipinski definition) is 2. The van der Waals surface area contributed by atoms with E-state index in [2.05, 4.69) is 0 Å². The van der Waals surface area contributed by atoms with Crippen molar-refractivity contribution in [2.45, 2.75) is 25.7 Å². The van der Waals surface area contributed by atoms with Gasteiger partial charge in [-0.15, -0.1) is 0 Å². The minimum atomic E-state index is -1.28. The SMILES string of the molecule is CC(C)(C)C(=O)CS(=O)c1ccc(Cl)cc1. The molecule has 0 fully saturated rings. The van der Waals surface area contributed by atoms with Crippen LogP contribution in [0, 0.1) is 5.41 Å². The first kappa shape index (κ1) is 13.4. The molecule has 0 N–H and O–H groups in total. The lowest BCUT2D eigenvalue weighted by atomic mass is 9.92. The Morgan fingerprint density at radius 2 is 1.75 bits per heavy atom. The summed E-state index contributed by atoms with van der Waals surface area (Å²) in [7, 11) is -1.28. The number of Topliss-reactive ketones (excluding diaryl/α,β-unsaturated/α-hetero) is 1. The van der Waals surface area contributed by atoms with Gasteiger partial charge in [-0.1, -0.05) is 32.4 Å². The summed E-state index contributed by atoms with van der Waals surface area (Å²) in [5, 5.41) is 0.600. The van der Waals surface area contributed by atoms with Gasteiger partial charge in [-0.05, 0) is 24.3 Å². The summed E-state index contributed by atoms with van der Waals surface area (Å²) in [5.41, 5.74) is -0.442. The van der Waals surface area contributed by atoms with E-state index in [0.717, 1.165) is 0 Å². The number of carbonyl (C=O) groups excluding carboxylic acids is 1. The van der Waals surface area contributed by atoms with Crippen LogP contribution in [0.3, 0.4) is 0 Å². The first-order valence-electron chi connectivity index (χ1n) is 4.98. The predicted octanol–water partition coefficient (Wildman–Crippen LogP) is 3.06. The number of halogens is 1. The van der Waals surface area contributed by atoms with Crippen molar-refractivity contribution < 1.29 is 9.00 Å². The number of ketones is 1. The lowest BCUT2D eigenvalue weighted by Crippen LogP contribution is -2.25. The van der Waals surface area contributed by atoms with E-state index in [-0.39, 0.29) is 11.5 Å². The molecular weight excluding hydrogens is 244 g/mol. The fraction of sp³-hybridized carbons (Fsp3) is 0.417. The van der Waals surface area contributed by atoms with Crippen molar-refractivity contribution in [1.29, 1.82) is 0 Å². The molecule has 0 spiro atoms. The lowest BCUT2D eigenvalue weighted by Gasteiger charge is -2.15. The van der Waals surface area contributed by atoms with Crippen LogP contribution in [0.5, 0.6) is 0 Å². The van der Waals surface area contributed by atoms with Crippen molar-refractivity contribution in [1.82, 2.24) is 0 Å². The molecule has 0 aliphatic rings. The number of carbonyl (C=O) groups is 1. The Morgan fingerprint density at radius 1 is 1.25 bits per heavy atom. The second-order valence-electron chi connectivity index (χ2n) is 4.62. The van der Waals surface area contributed by atoms with Gasteiger partial charge in [0.15, 0.2) is 5.78 Å². The molecule has 0 radical (unpaired) electrons. The zero-order valence-corrected chi connectivity index (χ0v) is 11.2. The minimum Gasteiger partial charge on any atom is -0.298 e. The topological polar surface area (TPSA) is 34.1 Å². The summed E-state index contributed by atoms with van der Waals surface area (Å²) in [6.45, 7) is 5.48. The largest absolute Gasteiger partial charge is 0.298 e. The molecule has 16 heavy (non-hydrogen) atoms. The lowest BCUT2D eigenvalue weighted by molar-refractivity contribution is -0.123. The van der Waals surface area contributed by atoms with Gasteiger partial charge in [0.2, 0.25) is 0 Å².